The monoisotopic (exact) mass is 482 g/mol. The van der Waals surface area contributed by atoms with Crippen LogP contribution in [0.3, 0.4) is 0 Å². The van der Waals surface area contributed by atoms with Crippen molar-refractivity contribution in [3.8, 4) is 33.9 Å². The van der Waals surface area contributed by atoms with Gasteiger partial charge in [-0.15, -0.1) is 0 Å². The van der Waals surface area contributed by atoms with Crippen molar-refractivity contribution in [2.45, 2.75) is 13.8 Å². The molecule has 6 aromatic rings. The summed E-state index contributed by atoms with van der Waals surface area (Å²) >= 11 is 0. The Morgan fingerprint density at radius 1 is 1.11 bits per heavy atom. The highest BCUT2D eigenvalue weighted by molar-refractivity contribution is 5.97. The molecule has 11 heteroatoms. The first-order chi connectivity index (χ1) is 17.5. The smallest absolute Gasteiger partial charge is 0.226 e. The number of nitrogens with one attached hydrogen (secondary N) is 3. The van der Waals surface area contributed by atoms with E-state index in [-0.39, 0.29) is 22.9 Å². The van der Waals surface area contributed by atoms with Gasteiger partial charge in [0.25, 0.3) is 0 Å². The molecule has 0 fully saturated rings. The Bertz CT molecular complexity index is 1740. The van der Waals surface area contributed by atoms with Crippen LogP contribution >= 0.6 is 0 Å². The van der Waals surface area contributed by atoms with Crippen molar-refractivity contribution >= 4 is 33.7 Å². The Kier molecular flexibility index (Phi) is 5.03. The fourth-order valence-electron chi connectivity index (χ4n) is 3.95. The number of hydrogen-bond donors (Lipinski definition) is 3. The first kappa shape index (κ1) is 21.6. The lowest BCUT2D eigenvalue weighted by Crippen LogP contribution is -2.17. The highest BCUT2D eigenvalue weighted by Gasteiger charge is 2.22. The maximum Gasteiger partial charge on any atom is 0.226 e. The molecule has 6 aromatic heterocycles. The molecule has 3 N–H and O–H groups in total. The molecule has 10 nitrogen and oxygen atoms in total. The van der Waals surface area contributed by atoms with E-state index in [4.69, 9.17) is 4.42 Å². The molecule has 0 aliphatic heterocycles. The van der Waals surface area contributed by atoms with Gasteiger partial charge in [-0.2, -0.15) is 5.10 Å². The standard InChI is InChI=1S/C25H19FN8O2/c1-12(2)25(35)30-15-7-14(8-27-9-15)20-19(26)18-17(10-29-20)33-34-22(18)24-31-21-16(13-4-6-36-11-13)3-5-28-23(21)32-24/h3-12H,1-2H3,(H,30,35)(H,33,34)(H,28,31,32). The van der Waals surface area contributed by atoms with E-state index in [1.165, 1.54) is 18.6 Å². The van der Waals surface area contributed by atoms with Crippen LogP contribution in [0.2, 0.25) is 0 Å². The zero-order valence-electron chi connectivity index (χ0n) is 19.2. The minimum atomic E-state index is -0.589. The molecule has 0 saturated carbocycles. The van der Waals surface area contributed by atoms with E-state index in [2.05, 4.69) is 40.4 Å². The lowest BCUT2D eigenvalue weighted by atomic mass is 10.1. The number of amides is 1. The van der Waals surface area contributed by atoms with Gasteiger partial charge in [0, 0.05) is 35.0 Å². The van der Waals surface area contributed by atoms with E-state index in [1.54, 1.807) is 38.6 Å². The third-order valence-electron chi connectivity index (χ3n) is 5.79. The second-order valence-electron chi connectivity index (χ2n) is 8.54. The summed E-state index contributed by atoms with van der Waals surface area (Å²) in [6.45, 7) is 3.57. The summed E-state index contributed by atoms with van der Waals surface area (Å²) in [6, 6.07) is 5.30. The van der Waals surface area contributed by atoms with Gasteiger partial charge in [-0.05, 0) is 18.2 Å². The first-order valence-corrected chi connectivity index (χ1v) is 11.2. The molecule has 6 rings (SSSR count). The first-order valence-electron chi connectivity index (χ1n) is 11.2. The molecule has 178 valence electrons. The third kappa shape index (κ3) is 3.57. The summed E-state index contributed by atoms with van der Waals surface area (Å²) in [4.78, 5) is 32.7. The summed E-state index contributed by atoms with van der Waals surface area (Å²) in [5.41, 5.74) is 4.46. The Morgan fingerprint density at radius 2 is 2.00 bits per heavy atom. The van der Waals surface area contributed by atoms with E-state index in [9.17, 15) is 4.79 Å². The summed E-state index contributed by atoms with van der Waals surface area (Å²) in [7, 11) is 0. The Morgan fingerprint density at radius 3 is 2.81 bits per heavy atom. The van der Waals surface area contributed by atoms with Crippen LogP contribution < -0.4 is 5.32 Å². The summed E-state index contributed by atoms with van der Waals surface area (Å²) in [6.07, 6.45) is 9.36. The number of nitrogens with zero attached hydrogens (tertiary/aromatic N) is 5. The molecule has 36 heavy (non-hydrogen) atoms. The third-order valence-corrected chi connectivity index (χ3v) is 5.79. The van der Waals surface area contributed by atoms with Gasteiger partial charge in [-0.1, -0.05) is 13.8 Å². The van der Waals surface area contributed by atoms with Crippen LogP contribution in [-0.2, 0) is 4.79 Å². The second-order valence-corrected chi connectivity index (χ2v) is 8.54. The minimum absolute atomic E-state index is 0.0756. The van der Waals surface area contributed by atoms with Gasteiger partial charge in [0.1, 0.15) is 16.9 Å². The molecule has 6 heterocycles. The zero-order valence-corrected chi connectivity index (χ0v) is 19.2. The number of fused-ring (bicyclic) bond motifs is 2. The van der Waals surface area contributed by atoms with Crippen molar-refractivity contribution < 1.29 is 13.6 Å². The van der Waals surface area contributed by atoms with Gasteiger partial charge in [0.15, 0.2) is 17.3 Å². The maximum absolute atomic E-state index is 15.9. The largest absolute Gasteiger partial charge is 0.472 e. The topological polar surface area (TPSA) is 138 Å². The number of furan rings is 1. The molecule has 0 spiro atoms. The number of hydrogen-bond acceptors (Lipinski definition) is 7. The Hall–Kier alpha value is -4.93. The molecular weight excluding hydrogens is 463 g/mol. The molecule has 0 atom stereocenters. The summed E-state index contributed by atoms with van der Waals surface area (Å²) in [5, 5.41) is 10.1. The van der Waals surface area contributed by atoms with Gasteiger partial charge < -0.3 is 14.7 Å². The van der Waals surface area contributed by atoms with Crippen LogP contribution in [-0.4, -0.2) is 41.0 Å². The molecule has 0 saturated heterocycles. The quantitative estimate of drug-likeness (QED) is 0.316. The van der Waals surface area contributed by atoms with Crippen LogP contribution in [0.15, 0.2) is 59.9 Å². The lowest BCUT2D eigenvalue weighted by molar-refractivity contribution is -0.118. The molecular formula is C25H19FN8O2. The van der Waals surface area contributed by atoms with Crippen molar-refractivity contribution in [1.29, 1.82) is 0 Å². The molecule has 0 radical (unpaired) electrons. The van der Waals surface area contributed by atoms with Crippen LogP contribution in [0.25, 0.3) is 56.0 Å². The van der Waals surface area contributed by atoms with Crippen LogP contribution in [0.4, 0.5) is 10.1 Å². The van der Waals surface area contributed by atoms with Crippen molar-refractivity contribution in [2.75, 3.05) is 5.32 Å². The maximum atomic E-state index is 15.9. The molecule has 0 bridgehead atoms. The van der Waals surface area contributed by atoms with Crippen molar-refractivity contribution in [3.63, 3.8) is 0 Å². The molecule has 1 amide bonds. The number of anilines is 1. The predicted molar refractivity (Wildman–Crippen MR) is 131 cm³/mol. The SMILES string of the molecule is CC(C)C(=O)Nc1cncc(-c2ncc3[nH]nc(-c4nc5c(-c6ccoc6)ccnc5[nH]4)c3c2F)c1. The Balaban J connectivity index is 1.46. The predicted octanol–water partition coefficient (Wildman–Crippen LogP) is 4.95. The van der Waals surface area contributed by atoms with Crippen molar-refractivity contribution in [2.24, 2.45) is 5.92 Å². The van der Waals surface area contributed by atoms with Gasteiger partial charge in [0.2, 0.25) is 5.91 Å². The number of carbonyl (C=O) groups excluding carboxylic acids is 1. The number of aromatic nitrogens is 7. The number of aromatic amines is 2. The average molecular weight is 482 g/mol. The van der Waals surface area contributed by atoms with E-state index in [0.717, 1.165) is 11.1 Å². The van der Waals surface area contributed by atoms with Crippen LogP contribution in [0, 0.1) is 11.7 Å². The number of pyridine rings is 3. The van der Waals surface area contributed by atoms with Gasteiger partial charge in [-0.3, -0.25) is 19.9 Å². The number of rotatable bonds is 5. The van der Waals surface area contributed by atoms with Crippen LogP contribution in [0.1, 0.15) is 13.8 Å². The number of halogens is 1. The summed E-state index contributed by atoms with van der Waals surface area (Å²) in [5.74, 6) is -0.607. The molecule has 0 aromatic carbocycles. The highest BCUT2D eigenvalue weighted by atomic mass is 19.1. The fraction of sp³-hybridized carbons (Fsp3) is 0.120. The van der Waals surface area contributed by atoms with Gasteiger partial charge in [-0.25, -0.2) is 14.4 Å². The van der Waals surface area contributed by atoms with Gasteiger partial charge >= 0.3 is 0 Å². The normalized spacial score (nSPS) is 11.6. The number of H-pyrrole nitrogens is 2. The lowest BCUT2D eigenvalue weighted by Gasteiger charge is -2.09. The number of carbonyl (C=O) groups is 1. The summed E-state index contributed by atoms with van der Waals surface area (Å²) < 4.78 is 21.1. The minimum Gasteiger partial charge on any atom is -0.472 e. The zero-order chi connectivity index (χ0) is 24.8. The average Bonchev–Trinajstić information content (AvgIpc) is 3.63. The highest BCUT2D eigenvalue weighted by Crippen LogP contribution is 2.34. The van der Waals surface area contributed by atoms with Crippen molar-refractivity contribution in [1.82, 2.24) is 35.1 Å². The second kappa shape index (κ2) is 8.38. The van der Waals surface area contributed by atoms with Gasteiger partial charge in [0.05, 0.1) is 41.5 Å². The Labute approximate surface area is 203 Å². The van der Waals surface area contributed by atoms with E-state index < -0.39 is 5.82 Å². The van der Waals surface area contributed by atoms with E-state index in [0.29, 0.717) is 39.4 Å². The molecule has 0 aliphatic carbocycles. The molecule has 0 unspecified atom stereocenters. The van der Waals surface area contributed by atoms with E-state index >= 15 is 4.39 Å². The van der Waals surface area contributed by atoms with E-state index in [1.807, 2.05) is 12.1 Å². The molecule has 0 aliphatic rings. The number of imidazole rings is 1. The fourth-order valence-corrected chi connectivity index (χ4v) is 3.95. The van der Waals surface area contributed by atoms with Crippen molar-refractivity contribution in [3.05, 3.63) is 61.3 Å². The van der Waals surface area contributed by atoms with Crippen LogP contribution in [0.5, 0.6) is 0 Å².